The van der Waals surface area contributed by atoms with Gasteiger partial charge in [0.05, 0.1) is 5.69 Å². The third-order valence-corrected chi connectivity index (χ3v) is 4.31. The van der Waals surface area contributed by atoms with Gasteiger partial charge in [0.25, 0.3) is 5.91 Å². The summed E-state index contributed by atoms with van der Waals surface area (Å²) in [6.45, 7) is 1.72. The zero-order chi connectivity index (χ0) is 17.6. The van der Waals surface area contributed by atoms with Crippen molar-refractivity contribution in [3.8, 4) is 22.7 Å². The molecule has 8 heteroatoms. The molecule has 0 spiro atoms. The van der Waals surface area contributed by atoms with Crippen molar-refractivity contribution in [3.05, 3.63) is 53.3 Å². The Morgan fingerprint density at radius 2 is 2.12 bits per heavy atom. The van der Waals surface area contributed by atoms with Crippen molar-refractivity contribution in [2.24, 2.45) is 0 Å². The highest BCUT2D eigenvalue weighted by Gasteiger charge is 2.17. The van der Waals surface area contributed by atoms with Gasteiger partial charge in [0, 0.05) is 24.1 Å². The number of nitrogens with one attached hydrogen (secondary N) is 1. The highest BCUT2D eigenvalue weighted by atomic mass is 32.1. The van der Waals surface area contributed by atoms with Crippen LogP contribution in [0, 0.1) is 18.3 Å². The molecule has 0 aliphatic rings. The molecule has 25 heavy (non-hydrogen) atoms. The number of anilines is 1. The Morgan fingerprint density at radius 3 is 2.88 bits per heavy atom. The summed E-state index contributed by atoms with van der Waals surface area (Å²) in [5.41, 5.74) is 1.19. The fraction of sp³-hybridized carbons (Fsp3) is 0.118. The summed E-state index contributed by atoms with van der Waals surface area (Å²) < 4.78 is 5.23. The summed E-state index contributed by atoms with van der Waals surface area (Å²) in [6.07, 6.45) is 3.26. The van der Waals surface area contributed by atoms with E-state index >= 15 is 0 Å². The number of hydrogen-bond donors (Lipinski definition) is 1. The molecule has 124 valence electrons. The van der Waals surface area contributed by atoms with Crippen LogP contribution >= 0.6 is 11.3 Å². The Balaban J connectivity index is 1.78. The number of amides is 1. The van der Waals surface area contributed by atoms with Crippen LogP contribution in [0.5, 0.6) is 5.75 Å². The fourth-order valence-electron chi connectivity index (χ4n) is 2.08. The first-order valence-electron chi connectivity index (χ1n) is 7.33. The van der Waals surface area contributed by atoms with Gasteiger partial charge >= 0.3 is 0 Å². The molecule has 2 heterocycles. The van der Waals surface area contributed by atoms with Crippen LogP contribution in [0.3, 0.4) is 0 Å². The maximum absolute atomic E-state index is 12.5. The summed E-state index contributed by atoms with van der Waals surface area (Å²) >= 11 is 1.24. The molecule has 2 aromatic heterocycles. The van der Waals surface area contributed by atoms with Gasteiger partial charge in [-0.2, -0.15) is 5.26 Å². The highest BCUT2D eigenvalue weighted by Crippen LogP contribution is 2.26. The summed E-state index contributed by atoms with van der Waals surface area (Å²) in [4.78, 5) is 25.7. The number of rotatable bonds is 5. The largest absolute Gasteiger partial charge is 0.479 e. The lowest BCUT2D eigenvalue weighted by Crippen LogP contribution is -2.11. The number of aryl methyl sites for hydroxylation is 1. The van der Waals surface area contributed by atoms with Crippen LogP contribution in [0.2, 0.25) is 0 Å². The van der Waals surface area contributed by atoms with Crippen molar-refractivity contribution < 1.29 is 9.53 Å². The van der Waals surface area contributed by atoms with E-state index in [0.717, 1.165) is 0 Å². The number of benzene rings is 1. The molecule has 1 aromatic carbocycles. The van der Waals surface area contributed by atoms with Gasteiger partial charge in [-0.25, -0.2) is 15.0 Å². The minimum atomic E-state index is -0.269. The van der Waals surface area contributed by atoms with Crippen LogP contribution in [0.1, 0.15) is 15.4 Å². The summed E-state index contributed by atoms with van der Waals surface area (Å²) in [6, 6.07) is 10.5. The van der Waals surface area contributed by atoms with E-state index in [0.29, 0.717) is 32.8 Å². The van der Waals surface area contributed by atoms with Crippen LogP contribution in [0.15, 0.2) is 42.7 Å². The number of ether oxygens (including phenoxy) is 1. The van der Waals surface area contributed by atoms with Gasteiger partial charge in [-0.05, 0) is 25.1 Å². The Hall–Kier alpha value is -3.31. The molecule has 1 N–H and O–H groups in total. The number of nitriles is 1. The average molecular weight is 351 g/mol. The minimum absolute atomic E-state index is 0.0498. The lowest BCUT2D eigenvalue weighted by atomic mass is 10.3. The molecular formula is C17H13N5O2S. The fourth-order valence-corrected chi connectivity index (χ4v) is 2.99. The minimum Gasteiger partial charge on any atom is -0.479 e. The van der Waals surface area contributed by atoms with Gasteiger partial charge in [0.15, 0.2) is 17.4 Å². The summed E-state index contributed by atoms with van der Waals surface area (Å²) in [5.74, 6) is 0.731. The number of hydrogen-bond acceptors (Lipinski definition) is 7. The van der Waals surface area contributed by atoms with E-state index in [1.807, 2.05) is 6.07 Å². The van der Waals surface area contributed by atoms with Crippen molar-refractivity contribution in [1.29, 1.82) is 5.26 Å². The molecule has 0 saturated carbocycles. The first-order chi connectivity index (χ1) is 12.2. The first-order valence-corrected chi connectivity index (χ1v) is 8.15. The Kier molecular flexibility index (Phi) is 4.97. The van der Waals surface area contributed by atoms with Gasteiger partial charge in [-0.3, -0.25) is 4.79 Å². The summed E-state index contributed by atoms with van der Waals surface area (Å²) in [5, 5.41) is 12.0. The SMILES string of the molecule is Cc1nc(-c2ncccn2)sc1C(=O)Nc1cccc(OCC#N)c1. The van der Waals surface area contributed by atoms with E-state index in [-0.39, 0.29) is 12.5 Å². The van der Waals surface area contributed by atoms with Crippen LogP contribution < -0.4 is 10.1 Å². The maximum atomic E-state index is 12.5. The second kappa shape index (κ2) is 7.51. The second-order valence-electron chi connectivity index (χ2n) is 4.93. The van der Waals surface area contributed by atoms with E-state index in [2.05, 4.69) is 20.3 Å². The predicted molar refractivity (Wildman–Crippen MR) is 93.4 cm³/mol. The lowest BCUT2D eigenvalue weighted by Gasteiger charge is -2.06. The Labute approximate surface area is 148 Å². The van der Waals surface area contributed by atoms with Crippen molar-refractivity contribution in [1.82, 2.24) is 15.0 Å². The van der Waals surface area contributed by atoms with Crippen molar-refractivity contribution >= 4 is 22.9 Å². The van der Waals surface area contributed by atoms with Gasteiger partial charge in [0.1, 0.15) is 16.7 Å². The van der Waals surface area contributed by atoms with Gasteiger partial charge in [-0.15, -0.1) is 11.3 Å². The number of carbonyl (C=O) groups excluding carboxylic acids is 1. The Bertz CT molecular complexity index is 934. The molecule has 0 bridgehead atoms. The molecule has 0 radical (unpaired) electrons. The third kappa shape index (κ3) is 3.97. The van der Waals surface area contributed by atoms with E-state index in [4.69, 9.17) is 10.00 Å². The second-order valence-corrected chi connectivity index (χ2v) is 5.93. The number of thiazole rings is 1. The zero-order valence-electron chi connectivity index (χ0n) is 13.3. The van der Waals surface area contributed by atoms with E-state index in [1.54, 1.807) is 49.6 Å². The molecule has 0 unspecified atom stereocenters. The summed E-state index contributed by atoms with van der Waals surface area (Å²) in [7, 11) is 0. The maximum Gasteiger partial charge on any atom is 0.267 e. The van der Waals surface area contributed by atoms with E-state index in [1.165, 1.54) is 11.3 Å². The molecule has 7 nitrogen and oxygen atoms in total. The monoisotopic (exact) mass is 351 g/mol. The van der Waals surface area contributed by atoms with Gasteiger partial charge < -0.3 is 10.1 Å². The standard InChI is InChI=1S/C17H13N5O2S/c1-11-14(25-17(21-11)15-19-7-3-8-20-15)16(23)22-12-4-2-5-13(10-12)24-9-6-18/h2-5,7-8,10H,9H2,1H3,(H,22,23). The molecule has 3 rings (SSSR count). The van der Waals surface area contributed by atoms with Crippen LogP contribution in [-0.4, -0.2) is 27.5 Å². The number of nitrogens with zero attached hydrogens (tertiary/aromatic N) is 4. The predicted octanol–water partition coefficient (Wildman–Crippen LogP) is 3.06. The molecule has 1 amide bonds. The van der Waals surface area contributed by atoms with Crippen LogP contribution in [0.4, 0.5) is 5.69 Å². The normalized spacial score (nSPS) is 10.1. The number of aromatic nitrogens is 3. The van der Waals surface area contributed by atoms with Crippen LogP contribution in [-0.2, 0) is 0 Å². The first kappa shape index (κ1) is 16.5. The quantitative estimate of drug-likeness (QED) is 0.758. The van der Waals surface area contributed by atoms with Crippen LogP contribution in [0.25, 0.3) is 10.8 Å². The van der Waals surface area contributed by atoms with Crippen molar-refractivity contribution in [2.45, 2.75) is 6.92 Å². The molecule has 0 aliphatic carbocycles. The van der Waals surface area contributed by atoms with Crippen molar-refractivity contribution in [2.75, 3.05) is 11.9 Å². The van der Waals surface area contributed by atoms with Gasteiger partial charge in [-0.1, -0.05) is 6.07 Å². The average Bonchev–Trinajstić information content (AvgIpc) is 3.03. The lowest BCUT2D eigenvalue weighted by molar-refractivity contribution is 0.103. The molecule has 0 fully saturated rings. The van der Waals surface area contributed by atoms with Crippen molar-refractivity contribution in [3.63, 3.8) is 0 Å². The number of carbonyl (C=O) groups is 1. The van der Waals surface area contributed by atoms with E-state index in [9.17, 15) is 4.79 Å². The molecule has 0 atom stereocenters. The topological polar surface area (TPSA) is 101 Å². The highest BCUT2D eigenvalue weighted by molar-refractivity contribution is 7.17. The third-order valence-electron chi connectivity index (χ3n) is 3.16. The van der Waals surface area contributed by atoms with Gasteiger partial charge in [0.2, 0.25) is 0 Å². The molecular weight excluding hydrogens is 338 g/mol. The molecule has 0 aliphatic heterocycles. The Morgan fingerprint density at radius 1 is 1.32 bits per heavy atom. The molecule has 3 aromatic rings. The molecule has 0 saturated heterocycles. The smallest absolute Gasteiger partial charge is 0.267 e. The zero-order valence-corrected chi connectivity index (χ0v) is 14.1. The van der Waals surface area contributed by atoms with E-state index < -0.39 is 0 Å².